The van der Waals surface area contributed by atoms with E-state index in [1.165, 1.54) is 25.7 Å². The number of carbonyl (C=O) groups is 4. The fraction of sp³-hybridized carbons (Fsp3) is 0.683. The van der Waals surface area contributed by atoms with E-state index in [1.807, 2.05) is 42.2 Å². The van der Waals surface area contributed by atoms with E-state index in [0.717, 1.165) is 67.3 Å². The quantitative estimate of drug-likeness (QED) is 0.474. The number of carbonyl (C=O) groups excluding carboxylic acids is 4. The first-order valence-electron chi connectivity index (χ1n) is 20.5. The van der Waals surface area contributed by atoms with Crippen LogP contribution in [-0.2, 0) is 25.6 Å². The van der Waals surface area contributed by atoms with Crippen LogP contribution < -0.4 is 15.4 Å². The molecule has 2 aromatic rings. The summed E-state index contributed by atoms with van der Waals surface area (Å²) in [7, 11) is 0. The Hall–Kier alpha value is -3.55. The predicted molar refractivity (Wildman–Crippen MR) is 206 cm³/mol. The first kappa shape index (κ1) is 37.4. The Balaban J connectivity index is 1.000. The number of hydrogen-bond acceptors (Lipinski definition) is 9. The SMILES string of the molecule is Cc1sc2nc1CC(=O)NC1(CCN(C(=O)COc3ccccc3)CC1)CC(=O)N1CCC(CC1)N1C[C@@H](NC3CCCC3)C[C@H]1C(=O)N1CCC2CC1. The van der Waals surface area contributed by atoms with Crippen molar-refractivity contribution >= 4 is 35.0 Å². The van der Waals surface area contributed by atoms with Crippen molar-refractivity contribution in [1.29, 1.82) is 0 Å². The summed E-state index contributed by atoms with van der Waals surface area (Å²) in [5, 5.41) is 8.33. The van der Waals surface area contributed by atoms with Crippen LogP contribution >= 0.6 is 11.3 Å². The van der Waals surface area contributed by atoms with Gasteiger partial charge in [-0.15, -0.1) is 11.3 Å². The van der Waals surface area contributed by atoms with E-state index >= 15 is 0 Å². The highest BCUT2D eigenvalue weighted by Gasteiger charge is 2.45. The Bertz CT molecular complexity index is 1660. The fourth-order valence-corrected chi connectivity index (χ4v) is 11.1. The molecule has 4 saturated heterocycles. The molecule has 7 aliphatic heterocycles. The smallest absolute Gasteiger partial charge is 0.260 e. The van der Waals surface area contributed by atoms with Gasteiger partial charge < -0.3 is 30.1 Å². The van der Waals surface area contributed by atoms with Crippen LogP contribution in [0.25, 0.3) is 0 Å². The van der Waals surface area contributed by atoms with E-state index in [1.54, 1.807) is 16.2 Å². The Labute approximate surface area is 323 Å². The van der Waals surface area contributed by atoms with Gasteiger partial charge in [-0.25, -0.2) is 4.98 Å². The zero-order chi connectivity index (χ0) is 37.2. The molecule has 13 heteroatoms. The molecule has 1 saturated carbocycles. The van der Waals surface area contributed by atoms with Crippen molar-refractivity contribution < 1.29 is 23.9 Å². The highest BCUT2D eigenvalue weighted by Crippen LogP contribution is 2.36. The molecule has 0 unspecified atom stereocenters. The molecule has 1 spiro atoms. The van der Waals surface area contributed by atoms with Crippen molar-refractivity contribution in [1.82, 2.24) is 35.2 Å². The molecule has 6 bridgehead atoms. The number of amides is 4. The minimum Gasteiger partial charge on any atom is -0.484 e. The normalized spacial score (nSPS) is 26.5. The second kappa shape index (κ2) is 16.3. The van der Waals surface area contributed by atoms with Crippen LogP contribution in [0.2, 0.25) is 0 Å². The van der Waals surface area contributed by atoms with Gasteiger partial charge >= 0.3 is 0 Å². The van der Waals surface area contributed by atoms with Gasteiger partial charge in [-0.1, -0.05) is 31.0 Å². The lowest BCUT2D eigenvalue weighted by atomic mass is 9.83. The second-order valence-corrected chi connectivity index (χ2v) is 18.0. The predicted octanol–water partition coefficient (Wildman–Crippen LogP) is 3.63. The Kier molecular flexibility index (Phi) is 11.3. The molecule has 1 aromatic heterocycles. The van der Waals surface area contributed by atoms with Gasteiger partial charge in [-0.3, -0.25) is 24.1 Å². The maximum absolute atomic E-state index is 14.3. The molecule has 292 valence electrons. The molecular weight excluding hydrogens is 703 g/mol. The van der Waals surface area contributed by atoms with E-state index in [4.69, 9.17) is 9.72 Å². The molecule has 2 atom stereocenters. The number of likely N-dealkylation sites (tertiary alicyclic amines) is 1. The van der Waals surface area contributed by atoms with Gasteiger partial charge in [0.2, 0.25) is 17.7 Å². The Morgan fingerprint density at radius 1 is 0.926 bits per heavy atom. The third-order valence-corrected chi connectivity index (χ3v) is 14.4. The standard InChI is InChI=1S/C41H57N7O5S/c1-28-34-24-36(49)44-41(15-21-46(22-16-41)38(51)27-53-33-9-3-2-4-10-33)25-37(50)45-19-13-32(14-20-45)48-26-31(42-30-7-5-6-8-30)23-35(48)40(52)47-17-11-29(12-18-47)39(43-34)54-28/h2-4,9-10,29-32,35,42H,5-8,11-27H2,1H3,(H,44,49)/t31-,35-/m0/s1. The number of benzene rings is 1. The summed E-state index contributed by atoms with van der Waals surface area (Å²) >= 11 is 1.67. The number of piperidine rings is 3. The van der Waals surface area contributed by atoms with Gasteiger partial charge in [0.1, 0.15) is 5.75 Å². The lowest BCUT2D eigenvalue weighted by Crippen LogP contribution is -2.59. The number of nitrogens with one attached hydrogen (secondary N) is 2. The third-order valence-electron chi connectivity index (χ3n) is 13.2. The molecule has 2 N–H and O–H groups in total. The van der Waals surface area contributed by atoms with Gasteiger partial charge in [-0.2, -0.15) is 0 Å². The van der Waals surface area contributed by atoms with Crippen LogP contribution in [0.15, 0.2) is 30.3 Å². The van der Waals surface area contributed by atoms with Crippen molar-refractivity contribution in [2.45, 2.75) is 126 Å². The third kappa shape index (κ3) is 8.33. The molecule has 0 radical (unpaired) electrons. The lowest BCUT2D eigenvalue weighted by Gasteiger charge is -2.44. The molecule has 8 heterocycles. The van der Waals surface area contributed by atoms with Crippen molar-refractivity contribution in [3.63, 3.8) is 0 Å². The minimum absolute atomic E-state index is 0.0423. The molecule has 10 rings (SSSR count). The molecule has 1 aliphatic carbocycles. The highest BCUT2D eigenvalue weighted by molar-refractivity contribution is 7.11. The van der Waals surface area contributed by atoms with Crippen LogP contribution in [0.5, 0.6) is 5.75 Å². The van der Waals surface area contributed by atoms with Gasteiger partial charge in [0.15, 0.2) is 6.61 Å². The summed E-state index contributed by atoms with van der Waals surface area (Å²) in [5.74, 6) is 0.997. The number of aryl methyl sites for hydroxylation is 1. The summed E-state index contributed by atoms with van der Waals surface area (Å²) in [4.78, 5) is 69.9. The maximum Gasteiger partial charge on any atom is 0.260 e. The van der Waals surface area contributed by atoms with Crippen molar-refractivity contribution in [3.05, 3.63) is 45.9 Å². The largest absolute Gasteiger partial charge is 0.484 e. The summed E-state index contributed by atoms with van der Waals surface area (Å²) in [6, 6.07) is 10.3. The van der Waals surface area contributed by atoms with Crippen LogP contribution in [0.3, 0.4) is 0 Å². The molecule has 12 nitrogen and oxygen atoms in total. The zero-order valence-electron chi connectivity index (χ0n) is 31.8. The number of fused-ring (bicyclic) bond motifs is 2. The van der Waals surface area contributed by atoms with Gasteiger partial charge in [-0.05, 0) is 76.8 Å². The van der Waals surface area contributed by atoms with Crippen molar-refractivity contribution in [3.8, 4) is 5.75 Å². The number of rotatable bonds is 5. The van der Waals surface area contributed by atoms with Crippen molar-refractivity contribution in [2.24, 2.45) is 0 Å². The summed E-state index contributed by atoms with van der Waals surface area (Å²) in [5.41, 5.74) is 0.0331. The molecule has 54 heavy (non-hydrogen) atoms. The molecule has 4 amide bonds. The monoisotopic (exact) mass is 759 g/mol. The minimum atomic E-state index is -0.756. The van der Waals surface area contributed by atoms with E-state index in [9.17, 15) is 19.2 Å². The second-order valence-electron chi connectivity index (χ2n) is 16.7. The van der Waals surface area contributed by atoms with Gasteiger partial charge in [0.05, 0.1) is 35.1 Å². The van der Waals surface area contributed by atoms with Gasteiger partial charge in [0.25, 0.3) is 5.91 Å². The average molecular weight is 760 g/mol. The summed E-state index contributed by atoms with van der Waals surface area (Å²) in [6.45, 7) is 6.47. The number of hydrogen-bond donors (Lipinski definition) is 2. The molecular formula is C41H57N7O5S. The lowest BCUT2D eigenvalue weighted by molar-refractivity contribution is -0.141. The highest BCUT2D eigenvalue weighted by atomic mass is 32.1. The number of thiazole rings is 1. The number of para-hydroxylation sites is 1. The Morgan fingerprint density at radius 3 is 2.35 bits per heavy atom. The van der Waals surface area contributed by atoms with E-state index in [-0.39, 0.29) is 61.1 Å². The van der Waals surface area contributed by atoms with E-state index < -0.39 is 5.54 Å². The zero-order valence-corrected chi connectivity index (χ0v) is 32.6. The van der Waals surface area contributed by atoms with Gasteiger partial charge in [0, 0.05) is 74.7 Å². The van der Waals surface area contributed by atoms with Crippen LogP contribution in [0.1, 0.15) is 98.5 Å². The van der Waals surface area contributed by atoms with Crippen LogP contribution in [0.4, 0.5) is 0 Å². The maximum atomic E-state index is 14.3. The molecule has 1 aromatic carbocycles. The fourth-order valence-electron chi connectivity index (χ4n) is 10.0. The molecule has 5 fully saturated rings. The van der Waals surface area contributed by atoms with Crippen LogP contribution in [-0.4, -0.2) is 130 Å². The summed E-state index contributed by atoms with van der Waals surface area (Å²) < 4.78 is 5.75. The first-order valence-corrected chi connectivity index (χ1v) is 21.3. The van der Waals surface area contributed by atoms with Crippen LogP contribution in [0, 0.1) is 6.92 Å². The topological polar surface area (TPSA) is 127 Å². The molecule has 8 aliphatic rings. The Morgan fingerprint density at radius 2 is 1.63 bits per heavy atom. The number of nitrogens with zero attached hydrogens (tertiary/aromatic N) is 5. The van der Waals surface area contributed by atoms with E-state index in [2.05, 4.69) is 20.4 Å². The van der Waals surface area contributed by atoms with E-state index in [0.29, 0.717) is 56.9 Å². The first-order chi connectivity index (χ1) is 26.2. The average Bonchev–Trinajstić information content (AvgIpc) is 3.95. The number of aromatic nitrogens is 1. The number of ether oxygens (including phenoxy) is 1. The summed E-state index contributed by atoms with van der Waals surface area (Å²) in [6.07, 6.45) is 10.6. The van der Waals surface area contributed by atoms with Crippen molar-refractivity contribution in [2.75, 3.05) is 52.4 Å².